The lowest BCUT2D eigenvalue weighted by Gasteiger charge is -2.18. The van der Waals surface area contributed by atoms with Crippen LogP contribution in [0, 0.1) is 5.92 Å². The number of hydrogen-bond acceptors (Lipinski definition) is 3. The quantitative estimate of drug-likeness (QED) is 0.586. The summed E-state index contributed by atoms with van der Waals surface area (Å²) in [4.78, 5) is 14.3. The first-order chi connectivity index (χ1) is 11.6. The normalized spacial score (nSPS) is 18.2. The zero-order chi connectivity index (χ0) is 17.4. The summed E-state index contributed by atoms with van der Waals surface area (Å²) < 4.78 is 10.9. The van der Waals surface area contributed by atoms with Gasteiger partial charge in [-0.2, -0.15) is 0 Å². The molecule has 0 unspecified atom stereocenters. The summed E-state index contributed by atoms with van der Waals surface area (Å²) in [6.07, 6.45) is 8.54. The highest BCUT2D eigenvalue weighted by Gasteiger charge is 2.16. The van der Waals surface area contributed by atoms with E-state index in [1.807, 2.05) is 29.2 Å². The van der Waals surface area contributed by atoms with Crippen LogP contribution in [-0.2, 0) is 4.79 Å². The van der Waals surface area contributed by atoms with Crippen LogP contribution in [0.1, 0.15) is 31.7 Å². The molecule has 0 aliphatic carbocycles. The van der Waals surface area contributed by atoms with Crippen molar-refractivity contribution < 1.29 is 14.3 Å². The van der Waals surface area contributed by atoms with Crippen molar-refractivity contribution in [1.82, 2.24) is 4.90 Å². The van der Waals surface area contributed by atoms with Crippen molar-refractivity contribution in [3.63, 3.8) is 0 Å². The number of likely N-dealkylation sites (tertiary alicyclic amines) is 1. The van der Waals surface area contributed by atoms with Gasteiger partial charge in [0.2, 0.25) is 5.91 Å². The number of nitrogens with zero attached hydrogens (tertiary/aromatic N) is 1. The fourth-order valence-electron chi connectivity index (χ4n) is 2.81. The summed E-state index contributed by atoms with van der Waals surface area (Å²) in [6, 6.07) is 5.63. The van der Waals surface area contributed by atoms with Gasteiger partial charge in [-0.25, -0.2) is 0 Å². The van der Waals surface area contributed by atoms with Gasteiger partial charge in [0.25, 0.3) is 0 Å². The maximum atomic E-state index is 12.4. The van der Waals surface area contributed by atoms with Crippen molar-refractivity contribution in [3.05, 3.63) is 42.5 Å². The lowest BCUT2D eigenvalue weighted by atomic mass is 10.0. The van der Waals surface area contributed by atoms with E-state index in [9.17, 15) is 4.79 Å². The molecule has 1 heterocycles. The molecule has 4 heteroatoms. The molecule has 1 aliphatic heterocycles. The average molecular weight is 329 g/mol. The summed E-state index contributed by atoms with van der Waals surface area (Å²) in [5, 5.41) is 0. The predicted octanol–water partition coefficient (Wildman–Crippen LogP) is 3.92. The zero-order valence-electron chi connectivity index (χ0n) is 14.7. The third-order valence-corrected chi connectivity index (χ3v) is 4.29. The summed E-state index contributed by atoms with van der Waals surface area (Å²) in [5.74, 6) is 2.10. The molecular formula is C20H27NO3. The number of amides is 1. The first-order valence-electron chi connectivity index (χ1n) is 8.52. The molecule has 4 nitrogen and oxygen atoms in total. The van der Waals surface area contributed by atoms with Crippen molar-refractivity contribution in [3.8, 4) is 11.5 Å². The minimum atomic E-state index is 0.0788. The largest absolute Gasteiger partial charge is 0.493 e. The van der Waals surface area contributed by atoms with E-state index in [0.29, 0.717) is 24.0 Å². The van der Waals surface area contributed by atoms with Crippen LogP contribution in [0.3, 0.4) is 0 Å². The molecule has 0 saturated carbocycles. The third-order valence-electron chi connectivity index (χ3n) is 4.29. The van der Waals surface area contributed by atoms with Crippen LogP contribution in [0.15, 0.2) is 36.9 Å². The number of hydrogen-bond donors (Lipinski definition) is 0. The van der Waals surface area contributed by atoms with Gasteiger partial charge in [0.1, 0.15) is 6.61 Å². The van der Waals surface area contributed by atoms with Gasteiger partial charge in [0.05, 0.1) is 7.11 Å². The summed E-state index contributed by atoms with van der Waals surface area (Å²) >= 11 is 0. The Morgan fingerprint density at radius 2 is 2.17 bits per heavy atom. The molecule has 0 bridgehead atoms. The molecule has 1 aromatic carbocycles. The zero-order valence-corrected chi connectivity index (χ0v) is 14.7. The highest BCUT2D eigenvalue weighted by atomic mass is 16.5. The molecule has 2 rings (SSSR count). The van der Waals surface area contributed by atoms with Crippen LogP contribution in [0.5, 0.6) is 11.5 Å². The van der Waals surface area contributed by atoms with Crippen molar-refractivity contribution in [2.75, 3.05) is 26.8 Å². The minimum absolute atomic E-state index is 0.0788. The first-order valence-corrected chi connectivity index (χ1v) is 8.52. The van der Waals surface area contributed by atoms with Gasteiger partial charge in [-0.05, 0) is 49.0 Å². The Morgan fingerprint density at radius 1 is 1.33 bits per heavy atom. The van der Waals surface area contributed by atoms with E-state index in [4.69, 9.17) is 9.47 Å². The van der Waals surface area contributed by atoms with Crippen LogP contribution >= 0.6 is 0 Å². The molecule has 0 N–H and O–H groups in total. The first kappa shape index (κ1) is 18.1. The average Bonchev–Trinajstić information content (AvgIpc) is 2.82. The SMILES string of the molecule is C=CCOc1ccc(/C=C/C(=O)N2CCC[C@H](C)CC2)cc1OC. The second kappa shape index (κ2) is 9.16. The van der Waals surface area contributed by atoms with Gasteiger partial charge in [-0.15, -0.1) is 0 Å². The van der Waals surface area contributed by atoms with E-state index in [0.717, 1.165) is 31.5 Å². The van der Waals surface area contributed by atoms with Gasteiger partial charge >= 0.3 is 0 Å². The molecule has 0 spiro atoms. The van der Waals surface area contributed by atoms with Gasteiger partial charge in [0, 0.05) is 19.2 Å². The van der Waals surface area contributed by atoms with Gasteiger partial charge < -0.3 is 14.4 Å². The molecule has 1 saturated heterocycles. The fourth-order valence-corrected chi connectivity index (χ4v) is 2.81. The Bertz CT molecular complexity index is 595. The second-order valence-electron chi connectivity index (χ2n) is 6.20. The molecule has 24 heavy (non-hydrogen) atoms. The molecule has 1 amide bonds. The molecule has 0 aromatic heterocycles. The van der Waals surface area contributed by atoms with E-state index >= 15 is 0 Å². The standard InChI is InChI=1S/C20H27NO3/c1-4-14-24-18-9-7-17(15-19(18)23-3)8-10-20(22)21-12-5-6-16(2)11-13-21/h4,7-10,15-16H,1,5-6,11-14H2,2-3H3/b10-8+/t16-/m0/s1. The van der Waals surface area contributed by atoms with E-state index in [-0.39, 0.29) is 5.91 Å². The van der Waals surface area contributed by atoms with Crippen LogP contribution in [0.25, 0.3) is 6.08 Å². The van der Waals surface area contributed by atoms with Crippen molar-refractivity contribution in [2.45, 2.75) is 26.2 Å². The lowest BCUT2D eigenvalue weighted by molar-refractivity contribution is -0.125. The third kappa shape index (κ3) is 5.15. The van der Waals surface area contributed by atoms with E-state index in [1.54, 1.807) is 19.3 Å². The van der Waals surface area contributed by atoms with Crippen LogP contribution < -0.4 is 9.47 Å². The maximum absolute atomic E-state index is 12.4. The van der Waals surface area contributed by atoms with Crippen molar-refractivity contribution in [2.24, 2.45) is 5.92 Å². The number of ether oxygens (including phenoxy) is 2. The Balaban J connectivity index is 2.02. The van der Waals surface area contributed by atoms with E-state index in [2.05, 4.69) is 13.5 Å². The minimum Gasteiger partial charge on any atom is -0.493 e. The highest BCUT2D eigenvalue weighted by molar-refractivity contribution is 5.91. The number of benzene rings is 1. The molecule has 1 aromatic rings. The van der Waals surface area contributed by atoms with Crippen LogP contribution in [-0.4, -0.2) is 37.6 Å². The highest BCUT2D eigenvalue weighted by Crippen LogP contribution is 2.28. The number of rotatable bonds is 6. The fraction of sp³-hybridized carbons (Fsp3) is 0.450. The Labute approximate surface area is 144 Å². The molecule has 130 valence electrons. The lowest BCUT2D eigenvalue weighted by Crippen LogP contribution is -2.30. The number of methoxy groups -OCH3 is 1. The second-order valence-corrected chi connectivity index (χ2v) is 6.20. The molecule has 1 atom stereocenters. The topological polar surface area (TPSA) is 38.8 Å². The van der Waals surface area contributed by atoms with Gasteiger partial charge in [-0.3, -0.25) is 4.79 Å². The molecule has 1 fully saturated rings. The molecule has 0 radical (unpaired) electrons. The van der Waals surface area contributed by atoms with Crippen LogP contribution in [0.2, 0.25) is 0 Å². The summed E-state index contributed by atoms with van der Waals surface area (Å²) in [5.41, 5.74) is 0.911. The Kier molecular flexibility index (Phi) is 6.91. The summed E-state index contributed by atoms with van der Waals surface area (Å²) in [7, 11) is 1.60. The number of carbonyl (C=O) groups excluding carboxylic acids is 1. The smallest absolute Gasteiger partial charge is 0.246 e. The molecule has 1 aliphatic rings. The predicted molar refractivity (Wildman–Crippen MR) is 97.3 cm³/mol. The van der Waals surface area contributed by atoms with Crippen molar-refractivity contribution in [1.29, 1.82) is 0 Å². The van der Waals surface area contributed by atoms with E-state index < -0.39 is 0 Å². The van der Waals surface area contributed by atoms with Crippen LogP contribution in [0.4, 0.5) is 0 Å². The summed E-state index contributed by atoms with van der Waals surface area (Å²) in [6.45, 7) is 8.02. The number of carbonyl (C=O) groups is 1. The Hall–Kier alpha value is -2.23. The monoisotopic (exact) mass is 329 g/mol. The Morgan fingerprint density at radius 3 is 2.92 bits per heavy atom. The van der Waals surface area contributed by atoms with Gasteiger partial charge in [0.15, 0.2) is 11.5 Å². The van der Waals surface area contributed by atoms with Crippen molar-refractivity contribution >= 4 is 12.0 Å². The van der Waals surface area contributed by atoms with E-state index in [1.165, 1.54) is 6.42 Å². The maximum Gasteiger partial charge on any atom is 0.246 e. The van der Waals surface area contributed by atoms with Gasteiger partial charge in [-0.1, -0.05) is 25.6 Å². The molecular weight excluding hydrogens is 302 g/mol.